The fraction of sp³-hybridized carbons (Fsp3) is 0.667. The van der Waals surface area contributed by atoms with Crippen molar-refractivity contribution in [2.45, 2.75) is 45.8 Å². The molecule has 0 spiro atoms. The fourth-order valence-electron chi connectivity index (χ4n) is 1.17. The summed E-state index contributed by atoms with van der Waals surface area (Å²) in [7, 11) is -3.31. The van der Waals surface area contributed by atoms with E-state index in [0.29, 0.717) is 0 Å². The molecule has 7 heteroatoms. The molecule has 0 aliphatic heterocycles. The van der Waals surface area contributed by atoms with Gasteiger partial charge in [-0.05, 0) is 27.7 Å². The quantitative estimate of drug-likeness (QED) is 0.827. The zero-order valence-electron chi connectivity index (χ0n) is 11.9. The summed E-state index contributed by atoms with van der Waals surface area (Å²) in [5.74, 6) is -0.167. The van der Waals surface area contributed by atoms with Gasteiger partial charge in [-0.3, -0.25) is 4.79 Å². The maximum Gasteiger partial charge on any atom is 0.408 e. The number of carbonyl (C=O) groups is 2. The monoisotopic (exact) mass is 291 g/mol. The Morgan fingerprint density at radius 1 is 1.32 bits per heavy atom. The van der Waals surface area contributed by atoms with E-state index in [1.165, 1.54) is 13.0 Å². The van der Waals surface area contributed by atoms with E-state index in [1.54, 1.807) is 20.8 Å². The predicted octanol–water partition coefficient (Wildman–Crippen LogP) is 1.42. The molecule has 0 saturated carbocycles. The van der Waals surface area contributed by atoms with Crippen LogP contribution in [0.5, 0.6) is 0 Å². The van der Waals surface area contributed by atoms with Crippen LogP contribution < -0.4 is 5.32 Å². The molecule has 110 valence electrons. The molecule has 1 amide bonds. The number of ketones is 1. The van der Waals surface area contributed by atoms with Crippen LogP contribution in [-0.2, 0) is 19.4 Å². The highest BCUT2D eigenvalue weighted by atomic mass is 32.2. The maximum absolute atomic E-state index is 11.5. The van der Waals surface area contributed by atoms with Gasteiger partial charge in [-0.15, -0.1) is 0 Å². The Morgan fingerprint density at radius 2 is 1.84 bits per heavy atom. The first-order chi connectivity index (χ1) is 8.39. The first kappa shape index (κ1) is 17.6. The van der Waals surface area contributed by atoms with E-state index in [9.17, 15) is 18.0 Å². The van der Waals surface area contributed by atoms with E-state index < -0.39 is 27.6 Å². The fourth-order valence-corrected chi connectivity index (χ4v) is 1.65. The highest BCUT2D eigenvalue weighted by molar-refractivity contribution is 7.93. The highest BCUT2D eigenvalue weighted by Gasteiger charge is 2.19. The minimum atomic E-state index is -3.31. The van der Waals surface area contributed by atoms with Gasteiger partial charge in [0.1, 0.15) is 11.4 Å². The van der Waals surface area contributed by atoms with Crippen molar-refractivity contribution in [1.82, 2.24) is 5.32 Å². The molecule has 0 bridgehead atoms. The smallest absolute Gasteiger partial charge is 0.408 e. The Bertz CT molecular complexity index is 459. The Kier molecular flexibility index (Phi) is 6.21. The number of sulfone groups is 1. The van der Waals surface area contributed by atoms with E-state index in [0.717, 1.165) is 11.7 Å². The molecule has 1 atom stereocenters. The molecule has 19 heavy (non-hydrogen) atoms. The lowest BCUT2D eigenvalue weighted by Gasteiger charge is -2.21. The summed E-state index contributed by atoms with van der Waals surface area (Å²) in [5, 5.41) is 3.40. The normalized spacial score (nSPS) is 14.2. The lowest BCUT2D eigenvalue weighted by Crippen LogP contribution is -2.39. The molecule has 0 saturated heterocycles. The van der Waals surface area contributed by atoms with Crippen molar-refractivity contribution in [2.24, 2.45) is 0 Å². The number of nitrogens with one attached hydrogen (secondary N) is 1. The Balaban J connectivity index is 4.74. The van der Waals surface area contributed by atoms with Gasteiger partial charge in [-0.1, -0.05) is 6.08 Å². The first-order valence-corrected chi connectivity index (χ1v) is 7.72. The van der Waals surface area contributed by atoms with Crippen LogP contribution in [0.3, 0.4) is 0 Å². The topological polar surface area (TPSA) is 89.5 Å². The molecule has 0 fully saturated rings. The van der Waals surface area contributed by atoms with E-state index in [2.05, 4.69) is 5.32 Å². The van der Waals surface area contributed by atoms with Gasteiger partial charge in [0.05, 0.1) is 6.04 Å². The van der Waals surface area contributed by atoms with Gasteiger partial charge in [-0.25, -0.2) is 13.2 Å². The number of amides is 1. The Hall–Kier alpha value is -1.37. The number of carbonyl (C=O) groups excluding carboxylic acids is 2. The largest absolute Gasteiger partial charge is 0.444 e. The van der Waals surface area contributed by atoms with Crippen LogP contribution in [0.25, 0.3) is 0 Å². The summed E-state index contributed by atoms with van der Waals surface area (Å²) < 4.78 is 27.1. The van der Waals surface area contributed by atoms with Gasteiger partial charge < -0.3 is 10.1 Å². The van der Waals surface area contributed by atoms with Crippen molar-refractivity contribution >= 4 is 21.7 Å². The standard InChI is InChI=1S/C12H21NO5S/c1-9(14)8-10(6-7-19(5,16)17)13-11(15)18-12(2,3)4/h6-7,10H,8H2,1-5H3,(H,13,15). The number of hydrogen-bond acceptors (Lipinski definition) is 5. The first-order valence-electron chi connectivity index (χ1n) is 5.76. The molecule has 0 radical (unpaired) electrons. The van der Waals surface area contributed by atoms with Gasteiger partial charge >= 0.3 is 6.09 Å². The van der Waals surface area contributed by atoms with E-state index in [1.807, 2.05) is 0 Å². The number of alkyl carbamates (subject to hydrolysis) is 1. The second-order valence-electron chi connectivity index (χ2n) is 5.32. The molecule has 0 aliphatic rings. The van der Waals surface area contributed by atoms with Crippen molar-refractivity contribution in [3.05, 3.63) is 11.5 Å². The number of hydrogen-bond donors (Lipinski definition) is 1. The summed E-state index contributed by atoms with van der Waals surface area (Å²) >= 11 is 0. The summed E-state index contributed by atoms with van der Waals surface area (Å²) in [5.41, 5.74) is -0.661. The van der Waals surface area contributed by atoms with Gasteiger partial charge in [-0.2, -0.15) is 0 Å². The third-order valence-electron chi connectivity index (χ3n) is 1.77. The number of ether oxygens (including phenoxy) is 1. The van der Waals surface area contributed by atoms with E-state index in [-0.39, 0.29) is 12.2 Å². The van der Waals surface area contributed by atoms with Crippen molar-refractivity contribution in [1.29, 1.82) is 0 Å². The Morgan fingerprint density at radius 3 is 2.21 bits per heavy atom. The second-order valence-corrected chi connectivity index (χ2v) is 7.25. The summed E-state index contributed by atoms with van der Waals surface area (Å²) in [6.45, 7) is 6.48. The summed E-state index contributed by atoms with van der Waals surface area (Å²) in [6, 6.07) is -0.706. The lowest BCUT2D eigenvalue weighted by molar-refractivity contribution is -0.117. The molecule has 0 aliphatic carbocycles. The average Bonchev–Trinajstić information content (AvgIpc) is 2.08. The molecule has 0 aromatic carbocycles. The third kappa shape index (κ3) is 11.5. The van der Waals surface area contributed by atoms with Crippen LogP contribution in [0.15, 0.2) is 11.5 Å². The summed E-state index contributed by atoms with van der Waals surface area (Å²) in [6.07, 6.45) is 1.60. The molecule has 1 N–H and O–H groups in total. The minimum Gasteiger partial charge on any atom is -0.444 e. The second kappa shape index (κ2) is 6.70. The van der Waals surface area contributed by atoms with Crippen molar-refractivity contribution in [3.63, 3.8) is 0 Å². The van der Waals surface area contributed by atoms with Crippen LogP contribution in [0.2, 0.25) is 0 Å². The molecule has 0 rings (SSSR count). The van der Waals surface area contributed by atoms with Crippen molar-refractivity contribution in [3.8, 4) is 0 Å². The van der Waals surface area contributed by atoms with Crippen LogP contribution in [0.4, 0.5) is 4.79 Å². The molecular weight excluding hydrogens is 270 g/mol. The molecule has 0 aromatic heterocycles. The molecule has 6 nitrogen and oxygen atoms in total. The number of rotatable bonds is 5. The zero-order valence-corrected chi connectivity index (χ0v) is 12.7. The van der Waals surface area contributed by atoms with Gasteiger partial charge in [0.15, 0.2) is 9.84 Å². The van der Waals surface area contributed by atoms with Crippen LogP contribution in [0, 0.1) is 0 Å². The lowest BCUT2D eigenvalue weighted by atomic mass is 10.1. The average molecular weight is 291 g/mol. The highest BCUT2D eigenvalue weighted by Crippen LogP contribution is 2.07. The van der Waals surface area contributed by atoms with Crippen LogP contribution in [0.1, 0.15) is 34.1 Å². The van der Waals surface area contributed by atoms with Gasteiger partial charge in [0.25, 0.3) is 0 Å². The SMILES string of the molecule is CC(=O)CC(C=CS(C)(=O)=O)NC(=O)OC(C)(C)C. The maximum atomic E-state index is 11.5. The van der Waals surface area contributed by atoms with E-state index >= 15 is 0 Å². The van der Waals surface area contributed by atoms with Crippen LogP contribution >= 0.6 is 0 Å². The van der Waals surface area contributed by atoms with E-state index in [4.69, 9.17) is 4.74 Å². The predicted molar refractivity (Wildman–Crippen MR) is 72.4 cm³/mol. The van der Waals surface area contributed by atoms with Crippen LogP contribution in [-0.4, -0.2) is 38.2 Å². The Labute approximate surface area is 114 Å². The van der Waals surface area contributed by atoms with Gasteiger partial charge in [0, 0.05) is 18.1 Å². The molecule has 0 heterocycles. The molecule has 1 unspecified atom stereocenters. The van der Waals surface area contributed by atoms with Gasteiger partial charge in [0.2, 0.25) is 0 Å². The van der Waals surface area contributed by atoms with Crippen molar-refractivity contribution in [2.75, 3.05) is 6.26 Å². The molecular formula is C12H21NO5S. The summed E-state index contributed by atoms with van der Waals surface area (Å²) in [4.78, 5) is 22.6. The third-order valence-corrected chi connectivity index (χ3v) is 2.42. The number of Topliss-reactive ketones (excluding diaryl/α,β-unsaturated/α-hetero) is 1. The molecule has 0 aromatic rings. The minimum absolute atomic E-state index is 0.00522. The van der Waals surface area contributed by atoms with Crippen molar-refractivity contribution < 1.29 is 22.7 Å². The zero-order chi connectivity index (χ0) is 15.3.